The van der Waals surface area contributed by atoms with Gasteiger partial charge in [0.15, 0.2) is 0 Å². The van der Waals surface area contributed by atoms with Crippen LogP contribution in [0.3, 0.4) is 0 Å². The summed E-state index contributed by atoms with van der Waals surface area (Å²) in [5.41, 5.74) is 8.51. The molecule has 1 saturated carbocycles. The zero-order valence-electron chi connectivity index (χ0n) is 11.7. The largest absolute Gasteiger partial charge is 0.325 e. The molecule has 2 heterocycles. The van der Waals surface area contributed by atoms with Gasteiger partial charge >= 0.3 is 0 Å². The standard InChI is InChI=1S/C14H21N5/c1-10-8-11(2)19-12(17-18-13(19)16-10)9-14(15)6-4-3-5-7-14/h8H,3-7,9,15H2,1-2H3. The van der Waals surface area contributed by atoms with Crippen LogP contribution in [0.15, 0.2) is 6.07 Å². The molecular weight excluding hydrogens is 238 g/mol. The lowest BCUT2D eigenvalue weighted by Crippen LogP contribution is -2.44. The first-order valence-corrected chi connectivity index (χ1v) is 7.05. The number of aryl methyl sites for hydroxylation is 2. The van der Waals surface area contributed by atoms with Gasteiger partial charge in [0, 0.05) is 23.3 Å². The first-order chi connectivity index (χ1) is 9.07. The summed E-state index contributed by atoms with van der Waals surface area (Å²) in [6.07, 6.45) is 6.71. The minimum atomic E-state index is -0.113. The van der Waals surface area contributed by atoms with Crippen LogP contribution in [-0.4, -0.2) is 25.1 Å². The molecule has 0 saturated heterocycles. The van der Waals surface area contributed by atoms with Crippen molar-refractivity contribution in [3.63, 3.8) is 0 Å². The van der Waals surface area contributed by atoms with Crippen LogP contribution >= 0.6 is 0 Å². The Hall–Kier alpha value is -1.49. The summed E-state index contributed by atoms with van der Waals surface area (Å²) in [4.78, 5) is 4.42. The van der Waals surface area contributed by atoms with Gasteiger partial charge in [-0.25, -0.2) is 4.98 Å². The van der Waals surface area contributed by atoms with Crippen LogP contribution in [0, 0.1) is 13.8 Å². The summed E-state index contributed by atoms with van der Waals surface area (Å²) in [6, 6.07) is 2.06. The monoisotopic (exact) mass is 259 g/mol. The molecule has 2 aromatic heterocycles. The van der Waals surface area contributed by atoms with Crippen molar-refractivity contribution in [2.45, 2.75) is 57.9 Å². The van der Waals surface area contributed by atoms with Crippen molar-refractivity contribution in [3.05, 3.63) is 23.3 Å². The molecule has 0 bridgehead atoms. The minimum absolute atomic E-state index is 0.113. The lowest BCUT2D eigenvalue weighted by molar-refractivity contribution is 0.289. The molecule has 5 nitrogen and oxygen atoms in total. The SMILES string of the molecule is Cc1cc(C)n2c(CC3(N)CCCCC3)nnc2n1. The average molecular weight is 259 g/mol. The maximum absolute atomic E-state index is 6.52. The third kappa shape index (κ3) is 2.34. The van der Waals surface area contributed by atoms with Crippen molar-refractivity contribution in [2.24, 2.45) is 5.73 Å². The van der Waals surface area contributed by atoms with Gasteiger partial charge in [0.1, 0.15) is 5.82 Å². The molecule has 3 rings (SSSR count). The number of fused-ring (bicyclic) bond motifs is 1. The second-order valence-electron chi connectivity index (χ2n) is 5.89. The van der Waals surface area contributed by atoms with Gasteiger partial charge in [-0.2, -0.15) is 0 Å². The number of hydrogen-bond acceptors (Lipinski definition) is 4. The Morgan fingerprint density at radius 2 is 1.95 bits per heavy atom. The number of nitrogens with two attached hydrogens (primary N) is 1. The minimum Gasteiger partial charge on any atom is -0.325 e. The van der Waals surface area contributed by atoms with Crippen LogP contribution in [0.5, 0.6) is 0 Å². The van der Waals surface area contributed by atoms with Gasteiger partial charge in [0.25, 0.3) is 5.78 Å². The maximum Gasteiger partial charge on any atom is 0.255 e. The quantitative estimate of drug-likeness (QED) is 0.895. The molecule has 0 aromatic carbocycles. The van der Waals surface area contributed by atoms with Crippen molar-refractivity contribution in [2.75, 3.05) is 0 Å². The Morgan fingerprint density at radius 1 is 1.21 bits per heavy atom. The first kappa shape index (κ1) is 12.5. The third-order valence-electron chi connectivity index (χ3n) is 4.12. The summed E-state index contributed by atoms with van der Waals surface area (Å²) < 4.78 is 2.04. The van der Waals surface area contributed by atoms with E-state index >= 15 is 0 Å². The highest BCUT2D eigenvalue weighted by molar-refractivity contribution is 5.32. The van der Waals surface area contributed by atoms with Gasteiger partial charge in [-0.3, -0.25) is 4.40 Å². The fourth-order valence-electron chi connectivity index (χ4n) is 3.16. The third-order valence-corrected chi connectivity index (χ3v) is 4.12. The summed E-state index contributed by atoms with van der Waals surface area (Å²) >= 11 is 0. The topological polar surface area (TPSA) is 69.1 Å². The van der Waals surface area contributed by atoms with Gasteiger partial charge in [0.2, 0.25) is 0 Å². The smallest absolute Gasteiger partial charge is 0.255 e. The van der Waals surface area contributed by atoms with Gasteiger partial charge < -0.3 is 5.73 Å². The van der Waals surface area contributed by atoms with Crippen molar-refractivity contribution in [3.8, 4) is 0 Å². The molecule has 19 heavy (non-hydrogen) atoms. The molecule has 2 N–H and O–H groups in total. The first-order valence-electron chi connectivity index (χ1n) is 7.05. The summed E-state index contributed by atoms with van der Waals surface area (Å²) in [6.45, 7) is 4.05. The lowest BCUT2D eigenvalue weighted by Gasteiger charge is -2.32. The molecule has 1 fully saturated rings. The maximum atomic E-state index is 6.52. The van der Waals surface area contributed by atoms with E-state index in [1.54, 1.807) is 0 Å². The summed E-state index contributed by atoms with van der Waals surface area (Å²) in [5, 5.41) is 8.49. The lowest BCUT2D eigenvalue weighted by atomic mass is 9.80. The van der Waals surface area contributed by atoms with Crippen LogP contribution in [0.1, 0.15) is 49.3 Å². The second kappa shape index (κ2) is 4.56. The molecule has 1 aliphatic rings. The number of rotatable bonds is 2. The molecule has 1 aliphatic carbocycles. The Morgan fingerprint density at radius 3 is 2.68 bits per heavy atom. The summed E-state index contributed by atoms with van der Waals surface area (Å²) in [5.74, 6) is 1.64. The average Bonchev–Trinajstić information content (AvgIpc) is 2.72. The van der Waals surface area contributed by atoms with Gasteiger partial charge in [-0.05, 0) is 32.8 Å². The van der Waals surface area contributed by atoms with E-state index < -0.39 is 0 Å². The number of aromatic nitrogens is 4. The zero-order chi connectivity index (χ0) is 13.5. The zero-order valence-corrected chi connectivity index (χ0v) is 11.7. The van der Waals surface area contributed by atoms with Crippen LogP contribution < -0.4 is 5.73 Å². The normalized spacial score (nSPS) is 18.9. The van der Waals surface area contributed by atoms with E-state index in [-0.39, 0.29) is 5.54 Å². The highest BCUT2D eigenvalue weighted by atomic mass is 15.3. The van der Waals surface area contributed by atoms with Gasteiger partial charge in [-0.15, -0.1) is 10.2 Å². The Bertz CT molecular complexity index is 595. The Labute approximate surface area is 113 Å². The van der Waals surface area contributed by atoms with E-state index in [1.807, 2.05) is 11.3 Å². The molecule has 5 heteroatoms. The summed E-state index contributed by atoms with van der Waals surface area (Å²) in [7, 11) is 0. The van der Waals surface area contributed by atoms with E-state index in [4.69, 9.17) is 5.73 Å². The van der Waals surface area contributed by atoms with Crippen molar-refractivity contribution >= 4 is 5.78 Å². The second-order valence-corrected chi connectivity index (χ2v) is 5.89. The van der Waals surface area contributed by atoms with Crippen LogP contribution in [-0.2, 0) is 6.42 Å². The van der Waals surface area contributed by atoms with Crippen LogP contribution in [0.25, 0.3) is 5.78 Å². The molecule has 0 unspecified atom stereocenters. The predicted molar refractivity (Wildman–Crippen MR) is 74.0 cm³/mol. The fourth-order valence-corrected chi connectivity index (χ4v) is 3.16. The van der Waals surface area contributed by atoms with Crippen molar-refractivity contribution in [1.29, 1.82) is 0 Å². The molecule has 0 spiro atoms. The number of nitrogens with zero attached hydrogens (tertiary/aromatic N) is 4. The van der Waals surface area contributed by atoms with E-state index in [0.29, 0.717) is 5.78 Å². The predicted octanol–water partition coefficient (Wildman–Crippen LogP) is 1.95. The van der Waals surface area contributed by atoms with Gasteiger partial charge in [-0.1, -0.05) is 19.3 Å². The molecule has 0 radical (unpaired) electrons. The van der Waals surface area contributed by atoms with Crippen LogP contribution in [0.4, 0.5) is 0 Å². The molecule has 0 amide bonds. The van der Waals surface area contributed by atoms with E-state index in [2.05, 4.69) is 28.2 Å². The van der Waals surface area contributed by atoms with E-state index in [9.17, 15) is 0 Å². The molecule has 102 valence electrons. The molecule has 0 aliphatic heterocycles. The van der Waals surface area contributed by atoms with E-state index in [1.165, 1.54) is 19.3 Å². The Kier molecular flexibility index (Phi) is 3.01. The van der Waals surface area contributed by atoms with Gasteiger partial charge in [0.05, 0.1) is 0 Å². The van der Waals surface area contributed by atoms with E-state index in [0.717, 1.165) is 36.5 Å². The van der Waals surface area contributed by atoms with Crippen molar-refractivity contribution < 1.29 is 0 Å². The molecule has 2 aromatic rings. The van der Waals surface area contributed by atoms with Crippen molar-refractivity contribution in [1.82, 2.24) is 19.6 Å². The number of hydrogen-bond donors (Lipinski definition) is 1. The fraction of sp³-hybridized carbons (Fsp3) is 0.643. The van der Waals surface area contributed by atoms with Crippen LogP contribution in [0.2, 0.25) is 0 Å². The molecule has 0 atom stereocenters. The molecular formula is C14H21N5. The highest BCUT2D eigenvalue weighted by Gasteiger charge is 2.29. The highest BCUT2D eigenvalue weighted by Crippen LogP contribution is 2.28. The Balaban J connectivity index is 1.97.